The van der Waals surface area contributed by atoms with Crippen LogP contribution in [0.4, 0.5) is 0 Å². The lowest BCUT2D eigenvalue weighted by Crippen LogP contribution is -2.28. The normalized spacial score (nSPS) is 20.9. The third-order valence-electron chi connectivity index (χ3n) is 4.03. The molecule has 1 unspecified atom stereocenters. The number of benzene rings is 1. The minimum Gasteiger partial charge on any atom is -0.310 e. The predicted octanol–water partition coefficient (Wildman–Crippen LogP) is 2.82. The second-order valence-corrected chi connectivity index (χ2v) is 8.72. The fraction of sp³-hybridized carbons (Fsp3) is 0.625. The summed E-state index contributed by atoms with van der Waals surface area (Å²) in [6.45, 7) is 5.07. The van der Waals surface area contributed by atoms with Crippen LogP contribution in [-0.4, -0.2) is 27.0 Å². The van der Waals surface area contributed by atoms with E-state index in [1.807, 2.05) is 13.8 Å². The summed E-state index contributed by atoms with van der Waals surface area (Å²) >= 11 is 0. The maximum absolute atomic E-state index is 11.5. The average molecular weight is 295 g/mol. The van der Waals surface area contributed by atoms with E-state index in [1.165, 1.54) is 31.1 Å². The second-order valence-electron chi connectivity index (χ2n) is 6.58. The molecule has 0 spiro atoms. The van der Waals surface area contributed by atoms with Crippen molar-refractivity contribution in [2.24, 2.45) is 0 Å². The summed E-state index contributed by atoms with van der Waals surface area (Å²) in [5.74, 6) is 0.182. The molecule has 1 fully saturated rings. The van der Waals surface area contributed by atoms with Gasteiger partial charge in [-0.05, 0) is 30.5 Å². The van der Waals surface area contributed by atoms with Gasteiger partial charge in [-0.2, -0.15) is 0 Å². The molecule has 1 atom stereocenters. The maximum Gasteiger partial charge on any atom is 0.148 e. The molecule has 0 aliphatic carbocycles. The molecule has 0 bridgehead atoms. The monoisotopic (exact) mass is 295 g/mol. The molecule has 1 aromatic rings. The van der Waals surface area contributed by atoms with Gasteiger partial charge in [0.15, 0.2) is 0 Å². The first-order chi connectivity index (χ1) is 9.28. The highest BCUT2D eigenvalue weighted by Gasteiger charge is 2.26. The SMILES string of the molecule is CC(C)(CS(C)(=O)=O)c1ccc(C2CCCCN2)cc1. The zero-order valence-electron chi connectivity index (χ0n) is 12.6. The molecule has 112 valence electrons. The first kappa shape index (κ1) is 15.5. The van der Waals surface area contributed by atoms with Gasteiger partial charge in [-0.1, -0.05) is 44.5 Å². The Labute approximate surface area is 122 Å². The van der Waals surface area contributed by atoms with Gasteiger partial charge < -0.3 is 5.32 Å². The number of hydrogen-bond acceptors (Lipinski definition) is 3. The van der Waals surface area contributed by atoms with Crippen LogP contribution in [0.25, 0.3) is 0 Å². The summed E-state index contributed by atoms with van der Waals surface area (Å²) in [7, 11) is -2.97. The van der Waals surface area contributed by atoms with E-state index in [0.717, 1.165) is 12.1 Å². The summed E-state index contributed by atoms with van der Waals surface area (Å²) < 4.78 is 23.0. The Morgan fingerprint density at radius 3 is 2.35 bits per heavy atom. The maximum atomic E-state index is 11.5. The molecule has 1 N–H and O–H groups in total. The van der Waals surface area contributed by atoms with E-state index >= 15 is 0 Å². The molecule has 0 aromatic heterocycles. The van der Waals surface area contributed by atoms with Crippen LogP contribution in [0.3, 0.4) is 0 Å². The number of sulfone groups is 1. The first-order valence-corrected chi connectivity index (χ1v) is 9.35. The smallest absolute Gasteiger partial charge is 0.148 e. The molecular formula is C16H25NO2S. The van der Waals surface area contributed by atoms with E-state index in [1.54, 1.807) is 0 Å². The molecule has 4 heteroatoms. The highest BCUT2D eigenvalue weighted by atomic mass is 32.2. The van der Waals surface area contributed by atoms with E-state index < -0.39 is 9.84 Å². The highest BCUT2D eigenvalue weighted by Crippen LogP contribution is 2.28. The van der Waals surface area contributed by atoms with Gasteiger partial charge in [-0.25, -0.2) is 8.42 Å². The lowest BCUT2D eigenvalue weighted by molar-refractivity contribution is 0.412. The summed E-state index contributed by atoms with van der Waals surface area (Å²) in [6.07, 6.45) is 5.02. The Balaban J connectivity index is 2.14. The summed E-state index contributed by atoms with van der Waals surface area (Å²) in [5, 5.41) is 3.54. The van der Waals surface area contributed by atoms with Gasteiger partial charge in [0.25, 0.3) is 0 Å². The highest BCUT2D eigenvalue weighted by molar-refractivity contribution is 7.90. The van der Waals surface area contributed by atoms with Crippen LogP contribution in [0.5, 0.6) is 0 Å². The predicted molar refractivity (Wildman–Crippen MR) is 83.8 cm³/mol. The van der Waals surface area contributed by atoms with Crippen LogP contribution in [0, 0.1) is 0 Å². The fourth-order valence-corrected chi connectivity index (χ4v) is 4.52. The Morgan fingerprint density at radius 1 is 1.20 bits per heavy atom. The third-order valence-corrected chi connectivity index (χ3v) is 5.27. The minimum absolute atomic E-state index is 0.182. The van der Waals surface area contributed by atoms with Crippen molar-refractivity contribution in [3.8, 4) is 0 Å². The minimum atomic E-state index is -2.97. The zero-order valence-corrected chi connectivity index (χ0v) is 13.5. The van der Waals surface area contributed by atoms with E-state index in [9.17, 15) is 8.42 Å². The van der Waals surface area contributed by atoms with Crippen molar-refractivity contribution in [1.29, 1.82) is 0 Å². The van der Waals surface area contributed by atoms with Crippen LogP contribution in [0.2, 0.25) is 0 Å². The Hall–Kier alpha value is -0.870. The first-order valence-electron chi connectivity index (χ1n) is 7.29. The number of rotatable bonds is 4. The van der Waals surface area contributed by atoms with Crippen LogP contribution in [-0.2, 0) is 15.3 Å². The van der Waals surface area contributed by atoms with Crippen LogP contribution < -0.4 is 5.32 Å². The van der Waals surface area contributed by atoms with E-state index in [0.29, 0.717) is 6.04 Å². The van der Waals surface area contributed by atoms with Crippen molar-refractivity contribution in [1.82, 2.24) is 5.32 Å². The molecular weight excluding hydrogens is 270 g/mol. The van der Waals surface area contributed by atoms with Gasteiger partial charge in [0, 0.05) is 17.7 Å². The van der Waals surface area contributed by atoms with E-state index in [4.69, 9.17) is 0 Å². The van der Waals surface area contributed by atoms with Gasteiger partial charge in [0.1, 0.15) is 9.84 Å². The molecule has 2 rings (SSSR count). The van der Waals surface area contributed by atoms with E-state index in [2.05, 4.69) is 29.6 Å². The summed E-state index contributed by atoms with van der Waals surface area (Å²) in [6, 6.07) is 8.90. The molecule has 1 saturated heterocycles. The van der Waals surface area contributed by atoms with E-state index in [-0.39, 0.29) is 11.2 Å². The van der Waals surface area contributed by atoms with Crippen molar-refractivity contribution in [2.45, 2.75) is 44.6 Å². The summed E-state index contributed by atoms with van der Waals surface area (Å²) in [5.41, 5.74) is 2.05. The van der Waals surface area contributed by atoms with Crippen LogP contribution in [0.15, 0.2) is 24.3 Å². The quantitative estimate of drug-likeness (QED) is 0.929. The van der Waals surface area contributed by atoms with Crippen molar-refractivity contribution in [2.75, 3.05) is 18.6 Å². The van der Waals surface area contributed by atoms with Gasteiger partial charge in [-0.15, -0.1) is 0 Å². The van der Waals surface area contributed by atoms with Gasteiger partial charge in [0.05, 0.1) is 5.75 Å². The standard InChI is InChI=1S/C16H25NO2S/c1-16(2,12-20(3,18)19)14-9-7-13(8-10-14)15-6-4-5-11-17-15/h7-10,15,17H,4-6,11-12H2,1-3H3. The Bertz CT molecular complexity index is 540. The molecule has 1 aliphatic heterocycles. The Kier molecular flexibility index (Phi) is 4.55. The third kappa shape index (κ3) is 4.06. The van der Waals surface area contributed by atoms with Crippen molar-refractivity contribution < 1.29 is 8.42 Å². The lowest BCUT2D eigenvalue weighted by atomic mass is 9.85. The van der Waals surface area contributed by atoms with Crippen molar-refractivity contribution in [3.63, 3.8) is 0 Å². The number of nitrogens with one attached hydrogen (secondary N) is 1. The molecule has 0 radical (unpaired) electrons. The van der Waals surface area contributed by atoms with Crippen LogP contribution in [0.1, 0.15) is 50.3 Å². The Morgan fingerprint density at radius 2 is 1.85 bits per heavy atom. The molecule has 3 nitrogen and oxygen atoms in total. The molecule has 0 saturated carbocycles. The molecule has 20 heavy (non-hydrogen) atoms. The lowest BCUT2D eigenvalue weighted by Gasteiger charge is -2.27. The topological polar surface area (TPSA) is 46.2 Å². The van der Waals surface area contributed by atoms with Crippen molar-refractivity contribution >= 4 is 9.84 Å². The molecule has 1 aromatic carbocycles. The number of piperidine rings is 1. The van der Waals surface area contributed by atoms with Gasteiger partial charge in [-0.3, -0.25) is 0 Å². The largest absolute Gasteiger partial charge is 0.310 e. The number of hydrogen-bond donors (Lipinski definition) is 1. The molecule has 0 amide bonds. The zero-order chi connectivity index (χ0) is 14.8. The average Bonchev–Trinajstić information content (AvgIpc) is 2.37. The summed E-state index contributed by atoms with van der Waals surface area (Å²) in [4.78, 5) is 0. The van der Waals surface area contributed by atoms with Gasteiger partial charge >= 0.3 is 0 Å². The molecule has 1 aliphatic rings. The fourth-order valence-electron chi connectivity index (χ4n) is 3.04. The van der Waals surface area contributed by atoms with Crippen molar-refractivity contribution in [3.05, 3.63) is 35.4 Å². The second kappa shape index (κ2) is 5.86. The van der Waals surface area contributed by atoms with Crippen LogP contribution >= 0.6 is 0 Å². The molecule has 1 heterocycles. The van der Waals surface area contributed by atoms with Gasteiger partial charge in [0.2, 0.25) is 0 Å².